The molecule has 0 saturated heterocycles. The van der Waals surface area contributed by atoms with Gasteiger partial charge in [0.25, 0.3) is 0 Å². The molecule has 0 saturated carbocycles. The van der Waals surface area contributed by atoms with Gasteiger partial charge in [0.15, 0.2) is 0 Å². The van der Waals surface area contributed by atoms with Crippen LogP contribution in [0.5, 0.6) is 11.5 Å². The van der Waals surface area contributed by atoms with Crippen molar-refractivity contribution in [1.29, 1.82) is 0 Å². The van der Waals surface area contributed by atoms with Crippen LogP contribution in [0.15, 0.2) is 42.5 Å². The van der Waals surface area contributed by atoms with Gasteiger partial charge in [-0.1, -0.05) is 12.1 Å². The molecule has 0 heterocycles. The fraction of sp³-hybridized carbons (Fsp3) is 0.222. The summed E-state index contributed by atoms with van der Waals surface area (Å²) < 4.78 is 23.0. The van der Waals surface area contributed by atoms with Crippen molar-refractivity contribution in [2.45, 2.75) is 6.42 Å². The van der Waals surface area contributed by atoms with Crippen molar-refractivity contribution in [3.05, 3.63) is 53.8 Å². The van der Waals surface area contributed by atoms with Gasteiger partial charge < -0.3 is 20.1 Å². The largest absolute Gasteiger partial charge is 0.497 e. The monoisotopic (exact) mass is 346 g/mol. The summed E-state index contributed by atoms with van der Waals surface area (Å²) >= 11 is 0. The Bertz CT molecular complexity index is 747. The van der Waals surface area contributed by atoms with E-state index in [0.29, 0.717) is 23.6 Å². The van der Waals surface area contributed by atoms with Crippen LogP contribution in [0.4, 0.5) is 10.1 Å². The van der Waals surface area contributed by atoms with Crippen molar-refractivity contribution in [2.75, 3.05) is 26.1 Å². The Labute approximate surface area is 144 Å². The van der Waals surface area contributed by atoms with E-state index in [0.717, 1.165) is 5.56 Å². The molecule has 0 aliphatic rings. The van der Waals surface area contributed by atoms with E-state index in [2.05, 4.69) is 10.6 Å². The smallest absolute Gasteiger partial charge is 0.313 e. The molecule has 0 radical (unpaired) electrons. The van der Waals surface area contributed by atoms with Crippen molar-refractivity contribution in [1.82, 2.24) is 5.32 Å². The minimum atomic E-state index is -0.803. The highest BCUT2D eigenvalue weighted by Crippen LogP contribution is 2.28. The first-order valence-electron chi connectivity index (χ1n) is 7.59. The van der Waals surface area contributed by atoms with Gasteiger partial charge in [0.05, 0.1) is 19.9 Å². The second kappa shape index (κ2) is 8.68. The van der Waals surface area contributed by atoms with E-state index in [1.54, 1.807) is 30.3 Å². The molecule has 2 N–H and O–H groups in total. The number of halogens is 1. The Morgan fingerprint density at radius 2 is 1.72 bits per heavy atom. The minimum Gasteiger partial charge on any atom is -0.497 e. The first kappa shape index (κ1) is 18.3. The molecule has 0 aromatic heterocycles. The summed E-state index contributed by atoms with van der Waals surface area (Å²) in [5.74, 6) is -0.937. The van der Waals surface area contributed by atoms with E-state index in [4.69, 9.17) is 9.47 Å². The summed E-state index contributed by atoms with van der Waals surface area (Å²) in [6.07, 6.45) is 0.491. The Kier molecular flexibility index (Phi) is 6.33. The van der Waals surface area contributed by atoms with Gasteiger partial charge >= 0.3 is 11.8 Å². The zero-order valence-corrected chi connectivity index (χ0v) is 14.0. The third-order valence-electron chi connectivity index (χ3n) is 3.48. The fourth-order valence-electron chi connectivity index (χ4n) is 2.13. The number of rotatable bonds is 6. The predicted octanol–water partition coefficient (Wildman–Crippen LogP) is 2.14. The molecule has 0 bridgehead atoms. The third-order valence-corrected chi connectivity index (χ3v) is 3.48. The van der Waals surface area contributed by atoms with Crippen molar-refractivity contribution >= 4 is 17.5 Å². The van der Waals surface area contributed by atoms with E-state index in [1.165, 1.54) is 26.4 Å². The van der Waals surface area contributed by atoms with Crippen molar-refractivity contribution in [2.24, 2.45) is 0 Å². The Morgan fingerprint density at radius 1 is 1.00 bits per heavy atom. The zero-order chi connectivity index (χ0) is 18.2. The Balaban J connectivity index is 1.87. The van der Waals surface area contributed by atoms with Crippen LogP contribution in [0.2, 0.25) is 0 Å². The number of benzene rings is 2. The van der Waals surface area contributed by atoms with Crippen LogP contribution in [0.3, 0.4) is 0 Å². The van der Waals surface area contributed by atoms with Gasteiger partial charge in [-0.15, -0.1) is 0 Å². The number of carbonyl (C=O) groups is 2. The predicted molar refractivity (Wildman–Crippen MR) is 91.3 cm³/mol. The molecule has 0 atom stereocenters. The lowest BCUT2D eigenvalue weighted by atomic mass is 10.1. The lowest BCUT2D eigenvalue weighted by molar-refractivity contribution is -0.136. The maximum atomic E-state index is 12.8. The van der Waals surface area contributed by atoms with Gasteiger partial charge in [-0.25, -0.2) is 4.39 Å². The number of methoxy groups -OCH3 is 2. The topological polar surface area (TPSA) is 76.7 Å². The minimum absolute atomic E-state index is 0.262. The molecule has 2 aromatic carbocycles. The molecule has 2 amide bonds. The normalized spacial score (nSPS) is 10.0. The van der Waals surface area contributed by atoms with Gasteiger partial charge in [-0.3, -0.25) is 9.59 Å². The second-order valence-corrected chi connectivity index (χ2v) is 5.15. The lowest BCUT2D eigenvalue weighted by Gasteiger charge is -2.11. The number of carbonyl (C=O) groups excluding carboxylic acids is 2. The van der Waals surface area contributed by atoms with Crippen LogP contribution in [0.25, 0.3) is 0 Å². The van der Waals surface area contributed by atoms with Crippen LogP contribution in [-0.2, 0) is 16.0 Å². The van der Waals surface area contributed by atoms with Crippen molar-refractivity contribution in [3.63, 3.8) is 0 Å². The van der Waals surface area contributed by atoms with E-state index in [9.17, 15) is 14.0 Å². The molecule has 0 aliphatic carbocycles. The summed E-state index contributed by atoms with van der Waals surface area (Å²) in [6, 6.07) is 10.8. The molecule has 0 unspecified atom stereocenters. The van der Waals surface area contributed by atoms with E-state index in [1.807, 2.05) is 0 Å². The molecule has 0 fully saturated rings. The van der Waals surface area contributed by atoms with Gasteiger partial charge in [-0.05, 0) is 36.2 Å². The first-order chi connectivity index (χ1) is 12.0. The molecular formula is C18H19FN2O4. The van der Waals surface area contributed by atoms with Gasteiger partial charge in [-0.2, -0.15) is 0 Å². The summed E-state index contributed by atoms with van der Waals surface area (Å²) in [4.78, 5) is 23.8. The second-order valence-electron chi connectivity index (χ2n) is 5.15. The molecule has 2 aromatic rings. The van der Waals surface area contributed by atoms with E-state index >= 15 is 0 Å². The summed E-state index contributed by atoms with van der Waals surface area (Å²) in [5, 5.41) is 5.00. The van der Waals surface area contributed by atoms with Gasteiger partial charge in [0.2, 0.25) is 0 Å². The van der Waals surface area contributed by atoms with E-state index in [-0.39, 0.29) is 12.4 Å². The third kappa shape index (κ3) is 5.20. The van der Waals surface area contributed by atoms with Gasteiger partial charge in [0.1, 0.15) is 17.3 Å². The van der Waals surface area contributed by atoms with Crippen molar-refractivity contribution < 1.29 is 23.5 Å². The number of hydrogen-bond acceptors (Lipinski definition) is 4. The highest BCUT2D eigenvalue weighted by Gasteiger charge is 2.15. The summed E-state index contributed by atoms with van der Waals surface area (Å²) in [7, 11) is 2.97. The van der Waals surface area contributed by atoms with E-state index < -0.39 is 11.8 Å². The molecule has 132 valence electrons. The van der Waals surface area contributed by atoms with Crippen LogP contribution in [-0.4, -0.2) is 32.6 Å². The fourth-order valence-corrected chi connectivity index (χ4v) is 2.13. The SMILES string of the molecule is COc1ccc(NC(=O)C(=O)NCCc2ccc(F)cc2)c(OC)c1. The molecule has 7 heteroatoms. The first-order valence-corrected chi connectivity index (χ1v) is 7.59. The maximum absolute atomic E-state index is 12.8. The number of anilines is 1. The van der Waals surface area contributed by atoms with Crippen LogP contribution >= 0.6 is 0 Å². The number of nitrogens with one attached hydrogen (secondary N) is 2. The molecular weight excluding hydrogens is 327 g/mol. The van der Waals surface area contributed by atoms with Crippen LogP contribution in [0.1, 0.15) is 5.56 Å². The summed E-state index contributed by atoms with van der Waals surface area (Å²) in [6.45, 7) is 0.262. The molecule has 0 aliphatic heterocycles. The Hall–Kier alpha value is -3.09. The van der Waals surface area contributed by atoms with Crippen LogP contribution in [0, 0.1) is 5.82 Å². The van der Waals surface area contributed by atoms with Crippen LogP contribution < -0.4 is 20.1 Å². The van der Waals surface area contributed by atoms with Gasteiger partial charge in [0, 0.05) is 12.6 Å². The zero-order valence-electron chi connectivity index (χ0n) is 14.0. The average molecular weight is 346 g/mol. The van der Waals surface area contributed by atoms with Crippen molar-refractivity contribution in [3.8, 4) is 11.5 Å². The lowest BCUT2D eigenvalue weighted by Crippen LogP contribution is -2.36. The quantitative estimate of drug-likeness (QED) is 0.786. The number of ether oxygens (including phenoxy) is 2. The highest BCUT2D eigenvalue weighted by molar-refractivity contribution is 6.39. The number of amides is 2. The maximum Gasteiger partial charge on any atom is 0.313 e. The standard InChI is InChI=1S/C18H19FN2O4/c1-24-14-7-8-15(16(11-14)25-2)21-18(23)17(22)20-10-9-12-3-5-13(19)6-4-12/h3-8,11H,9-10H2,1-2H3,(H,20,22)(H,21,23). The average Bonchev–Trinajstić information content (AvgIpc) is 2.63. The molecule has 2 rings (SSSR count). The number of hydrogen-bond donors (Lipinski definition) is 2. The highest BCUT2D eigenvalue weighted by atomic mass is 19.1. The summed E-state index contributed by atoms with van der Waals surface area (Å²) in [5.41, 5.74) is 1.22. The Morgan fingerprint density at radius 3 is 2.36 bits per heavy atom. The molecule has 25 heavy (non-hydrogen) atoms. The molecule has 0 spiro atoms. The molecule has 6 nitrogen and oxygen atoms in total.